The van der Waals surface area contributed by atoms with Crippen molar-refractivity contribution in [3.63, 3.8) is 0 Å². The number of ketones is 1. The lowest BCUT2D eigenvalue weighted by molar-refractivity contribution is -0.111. The number of Topliss-reactive ketones (excluding diaryl/α,β-unsaturated/α-hetero) is 1. The number of likely N-dealkylation sites (N-methyl/N-ethyl adjacent to an activating group) is 1. The molecular formula is C19H24N4O3. The largest absolute Gasteiger partial charge is 0.423 e. The highest BCUT2D eigenvalue weighted by molar-refractivity contribution is 6.37. The number of hydrazone groups is 1. The van der Waals surface area contributed by atoms with E-state index in [0.717, 1.165) is 43.7 Å². The predicted octanol–water partition coefficient (Wildman–Crippen LogP) is 2.05. The SMILES string of the molecule is CCN1CCN(/C(=N/Nc2ccc3c(C)cc(=O)oc3c2)C(C)=O)CC1. The van der Waals surface area contributed by atoms with Crippen LogP contribution in [-0.2, 0) is 4.79 Å². The van der Waals surface area contributed by atoms with E-state index in [4.69, 9.17) is 4.42 Å². The summed E-state index contributed by atoms with van der Waals surface area (Å²) in [5, 5.41) is 5.20. The van der Waals surface area contributed by atoms with Gasteiger partial charge in [-0.2, -0.15) is 5.10 Å². The molecule has 1 aromatic heterocycles. The lowest BCUT2D eigenvalue weighted by Crippen LogP contribution is -2.50. The Hall–Kier alpha value is -2.67. The van der Waals surface area contributed by atoms with Crippen LogP contribution >= 0.6 is 0 Å². The molecule has 0 amide bonds. The van der Waals surface area contributed by atoms with Crippen LogP contribution in [0.2, 0.25) is 0 Å². The van der Waals surface area contributed by atoms with E-state index in [1.165, 1.54) is 13.0 Å². The Morgan fingerprint density at radius 3 is 2.62 bits per heavy atom. The zero-order valence-corrected chi connectivity index (χ0v) is 15.4. The van der Waals surface area contributed by atoms with Crippen LogP contribution < -0.4 is 11.1 Å². The van der Waals surface area contributed by atoms with Crippen molar-refractivity contribution in [2.75, 3.05) is 38.1 Å². The molecule has 7 heteroatoms. The van der Waals surface area contributed by atoms with Crippen LogP contribution in [-0.4, -0.2) is 54.1 Å². The fourth-order valence-corrected chi connectivity index (χ4v) is 3.16. The van der Waals surface area contributed by atoms with Crippen LogP contribution in [0.15, 0.2) is 38.6 Å². The molecule has 1 aliphatic rings. The van der Waals surface area contributed by atoms with Gasteiger partial charge in [0.1, 0.15) is 5.58 Å². The monoisotopic (exact) mass is 356 g/mol. The van der Waals surface area contributed by atoms with Crippen molar-refractivity contribution in [3.8, 4) is 0 Å². The van der Waals surface area contributed by atoms with Gasteiger partial charge in [-0.15, -0.1) is 0 Å². The van der Waals surface area contributed by atoms with Crippen LogP contribution in [0, 0.1) is 6.92 Å². The van der Waals surface area contributed by atoms with E-state index < -0.39 is 0 Å². The first-order valence-corrected chi connectivity index (χ1v) is 8.84. The highest BCUT2D eigenvalue weighted by atomic mass is 16.4. The zero-order chi connectivity index (χ0) is 18.7. The number of hydrogen-bond donors (Lipinski definition) is 1. The number of hydrogen-bond acceptors (Lipinski definition) is 6. The van der Waals surface area contributed by atoms with Gasteiger partial charge in [-0.3, -0.25) is 10.2 Å². The molecule has 26 heavy (non-hydrogen) atoms. The number of nitrogens with zero attached hydrogens (tertiary/aromatic N) is 3. The highest BCUT2D eigenvalue weighted by Crippen LogP contribution is 2.20. The van der Waals surface area contributed by atoms with E-state index in [1.807, 2.05) is 24.0 Å². The number of anilines is 1. The van der Waals surface area contributed by atoms with Gasteiger partial charge < -0.3 is 14.2 Å². The summed E-state index contributed by atoms with van der Waals surface area (Å²) >= 11 is 0. The smallest absolute Gasteiger partial charge is 0.336 e. The molecule has 138 valence electrons. The Kier molecular flexibility index (Phi) is 5.37. The van der Waals surface area contributed by atoms with E-state index in [-0.39, 0.29) is 11.4 Å². The first-order chi connectivity index (χ1) is 12.5. The molecule has 0 unspecified atom stereocenters. The maximum atomic E-state index is 12.0. The van der Waals surface area contributed by atoms with E-state index in [0.29, 0.717) is 17.1 Å². The van der Waals surface area contributed by atoms with Gasteiger partial charge >= 0.3 is 5.63 Å². The van der Waals surface area contributed by atoms with E-state index >= 15 is 0 Å². The van der Waals surface area contributed by atoms with Gasteiger partial charge in [-0.1, -0.05) is 6.92 Å². The molecule has 0 aliphatic carbocycles. The average Bonchev–Trinajstić information content (AvgIpc) is 2.61. The third kappa shape index (κ3) is 3.94. The Labute approximate surface area is 152 Å². The standard InChI is InChI=1S/C19H24N4O3/c1-4-22-7-9-23(10-8-22)19(14(3)24)21-20-15-5-6-16-13(2)11-18(25)26-17(16)12-15/h5-6,11-12,20H,4,7-10H2,1-3H3/b21-19+. The number of nitrogens with one attached hydrogen (secondary N) is 1. The maximum Gasteiger partial charge on any atom is 0.336 e. The Bertz CT molecular complexity index is 895. The molecule has 1 fully saturated rings. The Morgan fingerprint density at radius 2 is 1.96 bits per heavy atom. The molecule has 0 atom stereocenters. The van der Waals surface area contributed by atoms with Crippen molar-refractivity contribution in [2.45, 2.75) is 20.8 Å². The van der Waals surface area contributed by atoms with Gasteiger partial charge in [0, 0.05) is 50.6 Å². The topological polar surface area (TPSA) is 78.2 Å². The van der Waals surface area contributed by atoms with Crippen LogP contribution in [0.4, 0.5) is 5.69 Å². The molecular weight excluding hydrogens is 332 g/mol. The van der Waals surface area contributed by atoms with Crippen LogP contribution in [0.1, 0.15) is 19.4 Å². The third-order valence-corrected chi connectivity index (χ3v) is 4.68. The minimum Gasteiger partial charge on any atom is -0.423 e. The molecule has 1 aromatic carbocycles. The highest BCUT2D eigenvalue weighted by Gasteiger charge is 2.21. The van der Waals surface area contributed by atoms with Crippen molar-refractivity contribution in [3.05, 3.63) is 40.2 Å². The number of piperazine rings is 1. The van der Waals surface area contributed by atoms with Crippen molar-refractivity contribution >= 4 is 28.3 Å². The lowest BCUT2D eigenvalue weighted by Gasteiger charge is -2.35. The van der Waals surface area contributed by atoms with Crippen molar-refractivity contribution in [1.29, 1.82) is 0 Å². The van der Waals surface area contributed by atoms with Crippen molar-refractivity contribution in [2.24, 2.45) is 5.10 Å². The quantitative estimate of drug-likeness (QED) is 0.391. The molecule has 0 spiro atoms. The molecule has 0 radical (unpaired) electrons. The number of aryl methyl sites for hydroxylation is 1. The van der Waals surface area contributed by atoms with Crippen LogP contribution in [0.3, 0.4) is 0 Å². The molecule has 0 saturated carbocycles. The fourth-order valence-electron chi connectivity index (χ4n) is 3.16. The molecule has 1 N–H and O–H groups in total. The molecule has 1 aliphatic heterocycles. The Balaban J connectivity index is 1.81. The number of benzene rings is 1. The Morgan fingerprint density at radius 1 is 1.23 bits per heavy atom. The minimum absolute atomic E-state index is 0.0781. The van der Waals surface area contributed by atoms with Gasteiger partial charge in [0.25, 0.3) is 0 Å². The summed E-state index contributed by atoms with van der Waals surface area (Å²) in [5.41, 5.74) is 4.57. The second-order valence-electron chi connectivity index (χ2n) is 6.48. The molecule has 1 saturated heterocycles. The lowest BCUT2D eigenvalue weighted by atomic mass is 10.1. The first kappa shape index (κ1) is 18.1. The van der Waals surface area contributed by atoms with Gasteiger partial charge in [-0.05, 0) is 31.2 Å². The number of rotatable bonds is 4. The molecule has 0 bridgehead atoms. The zero-order valence-electron chi connectivity index (χ0n) is 15.4. The van der Waals surface area contributed by atoms with Crippen molar-refractivity contribution < 1.29 is 9.21 Å². The number of fused-ring (bicyclic) bond motifs is 1. The molecule has 2 heterocycles. The van der Waals surface area contributed by atoms with E-state index in [1.54, 1.807) is 6.07 Å². The average molecular weight is 356 g/mol. The summed E-state index contributed by atoms with van der Waals surface area (Å²) in [6, 6.07) is 6.92. The maximum absolute atomic E-state index is 12.0. The van der Waals surface area contributed by atoms with Gasteiger partial charge in [0.05, 0.1) is 5.69 Å². The summed E-state index contributed by atoms with van der Waals surface area (Å²) in [4.78, 5) is 27.9. The summed E-state index contributed by atoms with van der Waals surface area (Å²) in [6.07, 6.45) is 0. The third-order valence-electron chi connectivity index (χ3n) is 4.68. The molecule has 3 rings (SSSR count). The van der Waals surface area contributed by atoms with Crippen LogP contribution in [0.25, 0.3) is 11.0 Å². The number of carbonyl (C=O) groups is 1. The summed E-state index contributed by atoms with van der Waals surface area (Å²) in [5.74, 6) is 0.345. The number of carbonyl (C=O) groups excluding carboxylic acids is 1. The van der Waals surface area contributed by atoms with E-state index in [2.05, 4.69) is 22.4 Å². The van der Waals surface area contributed by atoms with E-state index in [9.17, 15) is 9.59 Å². The molecule has 2 aromatic rings. The summed E-state index contributed by atoms with van der Waals surface area (Å²) in [6.45, 7) is 9.94. The second-order valence-corrected chi connectivity index (χ2v) is 6.48. The summed E-state index contributed by atoms with van der Waals surface area (Å²) in [7, 11) is 0. The fraction of sp³-hybridized carbons (Fsp3) is 0.421. The summed E-state index contributed by atoms with van der Waals surface area (Å²) < 4.78 is 5.25. The second kappa shape index (κ2) is 7.70. The molecule has 7 nitrogen and oxygen atoms in total. The normalized spacial score (nSPS) is 16.1. The van der Waals surface area contributed by atoms with Crippen LogP contribution in [0.5, 0.6) is 0 Å². The van der Waals surface area contributed by atoms with Gasteiger partial charge in [-0.25, -0.2) is 4.79 Å². The predicted molar refractivity (Wildman–Crippen MR) is 103 cm³/mol. The first-order valence-electron chi connectivity index (χ1n) is 8.84. The minimum atomic E-state index is -0.381. The van der Waals surface area contributed by atoms with Gasteiger partial charge in [0.2, 0.25) is 0 Å². The van der Waals surface area contributed by atoms with Gasteiger partial charge in [0.15, 0.2) is 11.6 Å². The van der Waals surface area contributed by atoms with Crippen molar-refractivity contribution in [1.82, 2.24) is 9.80 Å². The number of amidine groups is 1.